The second-order valence-corrected chi connectivity index (χ2v) is 8.70. The molecule has 31 heavy (non-hydrogen) atoms. The van der Waals surface area contributed by atoms with Gasteiger partial charge in [-0.15, -0.1) is 0 Å². The first-order chi connectivity index (χ1) is 14.5. The summed E-state index contributed by atoms with van der Waals surface area (Å²) >= 11 is 0. The van der Waals surface area contributed by atoms with Crippen molar-refractivity contribution in [2.75, 3.05) is 35.7 Å². The number of ether oxygens (including phenoxy) is 1. The van der Waals surface area contributed by atoms with Crippen molar-refractivity contribution in [1.29, 1.82) is 0 Å². The van der Waals surface area contributed by atoms with Crippen molar-refractivity contribution in [3.8, 4) is 5.75 Å². The van der Waals surface area contributed by atoms with Gasteiger partial charge < -0.3 is 25.4 Å². The molecule has 0 fully saturated rings. The molecule has 0 atom stereocenters. The number of hydrogen-bond donors (Lipinski definition) is 2. The number of carbonyl (C=O) groups is 1. The minimum Gasteiger partial charge on any atom is -0.496 e. The summed E-state index contributed by atoms with van der Waals surface area (Å²) in [5.74, 6) is 1.53. The van der Waals surface area contributed by atoms with Gasteiger partial charge in [0.25, 0.3) is 0 Å². The Morgan fingerprint density at radius 2 is 1.97 bits per heavy atom. The van der Waals surface area contributed by atoms with Gasteiger partial charge in [0, 0.05) is 23.9 Å². The summed E-state index contributed by atoms with van der Waals surface area (Å²) in [6.07, 6.45) is 3.02. The lowest BCUT2D eigenvalue weighted by atomic mass is 10.0. The van der Waals surface area contributed by atoms with E-state index in [0.717, 1.165) is 22.6 Å². The minimum absolute atomic E-state index is 0.0450. The van der Waals surface area contributed by atoms with E-state index >= 15 is 0 Å². The third-order valence-electron chi connectivity index (χ3n) is 5.51. The molecule has 0 unspecified atom stereocenters. The number of nitrogens with two attached hydrogens (primary N) is 1. The molecule has 168 valence electrons. The van der Waals surface area contributed by atoms with Gasteiger partial charge in [-0.3, -0.25) is 9.78 Å². The van der Waals surface area contributed by atoms with Crippen LogP contribution in [-0.4, -0.2) is 51.8 Å². The quantitative estimate of drug-likeness (QED) is 0.690. The van der Waals surface area contributed by atoms with E-state index in [2.05, 4.69) is 15.0 Å². The number of amides is 1. The topological polar surface area (TPSA) is 118 Å². The number of fused-ring (bicyclic) bond motifs is 1. The molecule has 3 heterocycles. The Morgan fingerprint density at radius 3 is 2.61 bits per heavy atom. The number of aliphatic hydroxyl groups is 1. The van der Waals surface area contributed by atoms with Crippen molar-refractivity contribution < 1.29 is 14.6 Å². The van der Waals surface area contributed by atoms with Crippen LogP contribution >= 0.6 is 0 Å². The molecule has 1 amide bonds. The molecule has 2 aromatic heterocycles. The van der Waals surface area contributed by atoms with Crippen molar-refractivity contribution >= 4 is 23.4 Å². The fraction of sp³-hybridized carbons (Fsp3) is 0.545. The molecule has 3 N–H and O–H groups in total. The third-order valence-corrected chi connectivity index (χ3v) is 5.51. The summed E-state index contributed by atoms with van der Waals surface area (Å²) in [7, 11) is 1.64. The van der Waals surface area contributed by atoms with Crippen LogP contribution in [0, 0.1) is 20.8 Å². The Bertz CT molecular complexity index is 986. The summed E-state index contributed by atoms with van der Waals surface area (Å²) in [5.41, 5.74) is 9.18. The van der Waals surface area contributed by atoms with Gasteiger partial charge in [-0.05, 0) is 47.5 Å². The van der Waals surface area contributed by atoms with Crippen LogP contribution in [0.15, 0.2) is 6.20 Å². The smallest absolute Gasteiger partial charge is 0.246 e. The number of nitrogens with zero attached hydrogens (tertiary/aromatic N) is 5. The highest BCUT2D eigenvalue weighted by Crippen LogP contribution is 2.36. The third kappa shape index (κ3) is 4.87. The van der Waals surface area contributed by atoms with Gasteiger partial charge in [-0.2, -0.15) is 4.98 Å². The monoisotopic (exact) mass is 428 g/mol. The largest absolute Gasteiger partial charge is 0.496 e. The number of nitrogen functional groups attached to an aromatic ring is 1. The maximum atomic E-state index is 13.1. The Balaban J connectivity index is 1.96. The van der Waals surface area contributed by atoms with Crippen LogP contribution in [0.25, 0.3) is 0 Å². The second kappa shape index (κ2) is 8.66. The maximum absolute atomic E-state index is 13.1. The summed E-state index contributed by atoms with van der Waals surface area (Å²) in [5, 5.41) is 10.0. The number of methoxy groups -OCH3 is 1. The van der Waals surface area contributed by atoms with Crippen molar-refractivity contribution in [1.82, 2.24) is 15.0 Å². The van der Waals surface area contributed by atoms with E-state index in [1.54, 1.807) is 32.1 Å². The Kier molecular flexibility index (Phi) is 6.35. The summed E-state index contributed by atoms with van der Waals surface area (Å²) in [6.45, 7) is 10.3. The standard InChI is InChI=1S/C22H32N6O3/c1-13-10-24-16(14(2)19(13)31-6)11-27-12-17(29)28(9-7-8-22(4,5)30)18-15(3)25-21(23)26-20(18)27/h10,30H,7-9,11-12H2,1-6H3,(H2,23,25,26). The number of anilines is 3. The van der Waals surface area contributed by atoms with Crippen LogP contribution < -0.4 is 20.3 Å². The van der Waals surface area contributed by atoms with Gasteiger partial charge in [0.1, 0.15) is 11.4 Å². The number of aryl methyl sites for hydroxylation is 2. The van der Waals surface area contributed by atoms with Crippen molar-refractivity contribution in [2.45, 2.75) is 59.6 Å². The molecule has 0 bridgehead atoms. The zero-order chi connectivity index (χ0) is 22.9. The highest BCUT2D eigenvalue weighted by Gasteiger charge is 2.33. The van der Waals surface area contributed by atoms with Crippen LogP contribution in [0.5, 0.6) is 5.75 Å². The van der Waals surface area contributed by atoms with Crippen LogP contribution in [0.1, 0.15) is 49.2 Å². The van der Waals surface area contributed by atoms with Crippen molar-refractivity contribution in [3.05, 3.63) is 28.7 Å². The van der Waals surface area contributed by atoms with E-state index in [0.29, 0.717) is 43.1 Å². The lowest BCUT2D eigenvalue weighted by Gasteiger charge is -2.37. The van der Waals surface area contributed by atoms with Gasteiger partial charge in [0.05, 0.1) is 37.2 Å². The predicted octanol–water partition coefficient (Wildman–Crippen LogP) is 2.29. The molecule has 9 nitrogen and oxygen atoms in total. The second-order valence-electron chi connectivity index (χ2n) is 8.70. The maximum Gasteiger partial charge on any atom is 0.246 e. The Labute approximate surface area is 183 Å². The molecule has 3 rings (SSSR count). The zero-order valence-electron chi connectivity index (χ0n) is 19.2. The first-order valence-corrected chi connectivity index (χ1v) is 10.4. The van der Waals surface area contributed by atoms with E-state index in [1.807, 2.05) is 25.7 Å². The van der Waals surface area contributed by atoms with Gasteiger partial charge in [-0.1, -0.05) is 0 Å². The number of aromatic nitrogens is 3. The minimum atomic E-state index is -0.784. The van der Waals surface area contributed by atoms with Gasteiger partial charge in [0.15, 0.2) is 5.82 Å². The zero-order valence-corrected chi connectivity index (χ0v) is 19.2. The number of rotatable bonds is 7. The van der Waals surface area contributed by atoms with Crippen LogP contribution in [-0.2, 0) is 11.3 Å². The number of carbonyl (C=O) groups excluding carboxylic acids is 1. The molecule has 1 aliphatic rings. The molecule has 0 saturated heterocycles. The van der Waals surface area contributed by atoms with Crippen molar-refractivity contribution in [2.24, 2.45) is 0 Å². The predicted molar refractivity (Wildman–Crippen MR) is 120 cm³/mol. The highest BCUT2D eigenvalue weighted by atomic mass is 16.5. The first-order valence-electron chi connectivity index (χ1n) is 10.4. The average molecular weight is 429 g/mol. The van der Waals surface area contributed by atoms with Gasteiger partial charge in [-0.25, -0.2) is 4.98 Å². The molecule has 1 aliphatic heterocycles. The molecule has 0 spiro atoms. The molecule has 2 aromatic rings. The van der Waals surface area contributed by atoms with E-state index in [4.69, 9.17) is 10.5 Å². The highest BCUT2D eigenvalue weighted by molar-refractivity contribution is 6.03. The Morgan fingerprint density at radius 1 is 1.26 bits per heavy atom. The normalized spacial score (nSPS) is 14.1. The SMILES string of the molecule is COc1c(C)cnc(CN2CC(=O)N(CCCC(C)(C)O)c3c(C)nc(N)nc32)c1C. The molecule has 0 saturated carbocycles. The lowest BCUT2D eigenvalue weighted by Crippen LogP contribution is -2.47. The summed E-state index contributed by atoms with van der Waals surface area (Å²) < 4.78 is 5.52. The summed E-state index contributed by atoms with van der Waals surface area (Å²) in [4.78, 5) is 30.0. The van der Waals surface area contributed by atoms with E-state index in [9.17, 15) is 9.90 Å². The van der Waals surface area contributed by atoms with Crippen molar-refractivity contribution in [3.63, 3.8) is 0 Å². The molecule has 9 heteroatoms. The molecular formula is C22H32N6O3. The lowest BCUT2D eigenvalue weighted by molar-refractivity contribution is -0.117. The van der Waals surface area contributed by atoms with Crippen LogP contribution in [0.3, 0.4) is 0 Å². The molecule has 0 aromatic carbocycles. The molecule has 0 radical (unpaired) electrons. The van der Waals surface area contributed by atoms with Crippen LogP contribution in [0.4, 0.5) is 17.5 Å². The van der Waals surface area contributed by atoms with E-state index in [-0.39, 0.29) is 18.4 Å². The van der Waals surface area contributed by atoms with E-state index in [1.165, 1.54) is 0 Å². The van der Waals surface area contributed by atoms with E-state index < -0.39 is 5.60 Å². The average Bonchev–Trinajstić information content (AvgIpc) is 2.66. The molecular weight excluding hydrogens is 396 g/mol. The fourth-order valence-electron chi connectivity index (χ4n) is 4.01. The fourth-order valence-corrected chi connectivity index (χ4v) is 4.01. The summed E-state index contributed by atoms with van der Waals surface area (Å²) in [6, 6.07) is 0. The molecule has 0 aliphatic carbocycles. The van der Waals surface area contributed by atoms with Gasteiger partial charge in [0.2, 0.25) is 11.9 Å². The Hall–Kier alpha value is -2.94. The van der Waals surface area contributed by atoms with Gasteiger partial charge >= 0.3 is 0 Å². The van der Waals surface area contributed by atoms with Crippen LogP contribution in [0.2, 0.25) is 0 Å². The first kappa shape index (κ1) is 22.7. The number of hydrogen-bond acceptors (Lipinski definition) is 8. The number of pyridine rings is 1.